The minimum absolute atomic E-state index is 0.261. The second-order valence-electron chi connectivity index (χ2n) is 3.35. The number of aromatic nitrogens is 4. The number of nitrogens with one attached hydrogen (secondary N) is 2. The van der Waals surface area contributed by atoms with Gasteiger partial charge in [0.2, 0.25) is 0 Å². The van der Waals surface area contributed by atoms with Gasteiger partial charge >= 0.3 is 11.8 Å². The molecule has 0 saturated heterocycles. The first-order valence-electron chi connectivity index (χ1n) is 5.08. The molecule has 8 heteroatoms. The highest BCUT2D eigenvalue weighted by molar-refractivity contribution is 6.38. The summed E-state index contributed by atoms with van der Waals surface area (Å²) < 4.78 is 1.19. The first kappa shape index (κ1) is 11.7. The molecule has 0 spiro atoms. The number of carbonyl (C=O) groups is 2. The normalized spacial score (nSPS) is 9.78. The standard InChI is InChI=1S/C10H10N6O2/c17-9(10(18)15-16-6-13-14-7-16)12-5-8-1-3-11-4-2-8/h1-4,6-7H,5H2,(H,12,17)(H,15,18). The summed E-state index contributed by atoms with van der Waals surface area (Å²) in [5.41, 5.74) is 3.14. The van der Waals surface area contributed by atoms with Gasteiger partial charge in [0.15, 0.2) is 0 Å². The van der Waals surface area contributed by atoms with Crippen molar-refractivity contribution < 1.29 is 9.59 Å². The summed E-state index contributed by atoms with van der Waals surface area (Å²) in [6.07, 6.45) is 5.76. The zero-order valence-electron chi connectivity index (χ0n) is 9.28. The minimum atomic E-state index is -0.788. The smallest absolute Gasteiger partial charge is 0.328 e. The molecule has 2 N–H and O–H groups in total. The number of nitrogens with zero attached hydrogens (tertiary/aromatic N) is 4. The molecule has 0 atom stereocenters. The number of carbonyl (C=O) groups excluding carboxylic acids is 2. The van der Waals surface area contributed by atoms with Crippen molar-refractivity contribution in [3.63, 3.8) is 0 Å². The third-order valence-electron chi connectivity index (χ3n) is 2.06. The van der Waals surface area contributed by atoms with Crippen molar-refractivity contribution in [3.8, 4) is 0 Å². The monoisotopic (exact) mass is 246 g/mol. The van der Waals surface area contributed by atoms with Gasteiger partial charge in [-0.05, 0) is 17.7 Å². The molecule has 0 aliphatic rings. The molecule has 8 nitrogen and oxygen atoms in total. The Kier molecular flexibility index (Phi) is 3.59. The summed E-state index contributed by atoms with van der Waals surface area (Å²) in [5.74, 6) is -1.52. The molecule has 0 unspecified atom stereocenters. The number of hydrogen-bond donors (Lipinski definition) is 2. The van der Waals surface area contributed by atoms with Crippen molar-refractivity contribution in [3.05, 3.63) is 42.7 Å². The lowest BCUT2D eigenvalue weighted by atomic mass is 10.3. The Morgan fingerprint density at radius 1 is 1.11 bits per heavy atom. The van der Waals surface area contributed by atoms with Crippen LogP contribution in [0.4, 0.5) is 0 Å². The minimum Gasteiger partial charge on any atom is -0.344 e. The second kappa shape index (κ2) is 5.53. The maximum absolute atomic E-state index is 11.4. The van der Waals surface area contributed by atoms with E-state index >= 15 is 0 Å². The fourth-order valence-electron chi connectivity index (χ4n) is 1.19. The van der Waals surface area contributed by atoms with Crippen LogP contribution in [-0.4, -0.2) is 31.7 Å². The quantitative estimate of drug-likeness (QED) is 0.680. The Morgan fingerprint density at radius 3 is 2.44 bits per heavy atom. The molecule has 0 radical (unpaired) electrons. The van der Waals surface area contributed by atoms with Gasteiger partial charge < -0.3 is 5.32 Å². The predicted octanol–water partition coefficient (Wildman–Crippen LogP) is -0.940. The second-order valence-corrected chi connectivity index (χ2v) is 3.35. The lowest BCUT2D eigenvalue weighted by Gasteiger charge is -2.05. The maximum Gasteiger partial charge on any atom is 0.328 e. The number of hydrogen-bond acceptors (Lipinski definition) is 5. The molecule has 0 aliphatic carbocycles. The van der Waals surface area contributed by atoms with E-state index in [1.807, 2.05) is 0 Å². The van der Waals surface area contributed by atoms with Crippen molar-refractivity contribution in [1.82, 2.24) is 25.2 Å². The van der Waals surface area contributed by atoms with E-state index in [9.17, 15) is 9.59 Å². The highest BCUT2D eigenvalue weighted by atomic mass is 16.2. The first-order valence-corrected chi connectivity index (χ1v) is 5.08. The summed E-state index contributed by atoms with van der Waals surface area (Å²) in [6.45, 7) is 0.261. The van der Waals surface area contributed by atoms with Crippen LogP contribution in [0.3, 0.4) is 0 Å². The van der Waals surface area contributed by atoms with E-state index in [1.165, 1.54) is 17.3 Å². The molecule has 0 aliphatic heterocycles. The van der Waals surface area contributed by atoms with Crippen molar-refractivity contribution in [2.45, 2.75) is 6.54 Å². The molecular weight excluding hydrogens is 236 g/mol. The highest BCUT2D eigenvalue weighted by Crippen LogP contribution is 1.94. The Morgan fingerprint density at radius 2 is 1.78 bits per heavy atom. The Labute approximate surface area is 102 Å². The molecule has 0 aromatic carbocycles. The fraction of sp³-hybridized carbons (Fsp3) is 0.100. The number of rotatable bonds is 3. The maximum atomic E-state index is 11.4. The lowest BCUT2D eigenvalue weighted by molar-refractivity contribution is -0.136. The van der Waals surface area contributed by atoms with E-state index in [4.69, 9.17) is 0 Å². The van der Waals surface area contributed by atoms with E-state index in [0.717, 1.165) is 5.56 Å². The molecule has 2 rings (SSSR count). The summed E-state index contributed by atoms with van der Waals surface area (Å²) in [6, 6.07) is 3.50. The van der Waals surface area contributed by atoms with Crippen LogP contribution in [0.25, 0.3) is 0 Å². The summed E-state index contributed by atoms with van der Waals surface area (Å²) in [5, 5.41) is 9.45. The molecule has 0 saturated carbocycles. The van der Waals surface area contributed by atoms with Gasteiger partial charge in [-0.25, -0.2) is 4.68 Å². The molecule has 2 amide bonds. The highest BCUT2D eigenvalue weighted by Gasteiger charge is 2.12. The van der Waals surface area contributed by atoms with Crippen molar-refractivity contribution >= 4 is 11.8 Å². The van der Waals surface area contributed by atoms with Crippen molar-refractivity contribution in [1.29, 1.82) is 0 Å². The van der Waals surface area contributed by atoms with Crippen molar-refractivity contribution in [2.24, 2.45) is 0 Å². The molecule has 92 valence electrons. The Hall–Kier alpha value is -2.77. The lowest BCUT2D eigenvalue weighted by Crippen LogP contribution is -2.38. The van der Waals surface area contributed by atoms with E-state index in [2.05, 4.69) is 25.9 Å². The summed E-state index contributed by atoms with van der Waals surface area (Å²) >= 11 is 0. The number of pyridine rings is 1. The van der Waals surface area contributed by atoms with Crippen molar-refractivity contribution in [2.75, 3.05) is 5.43 Å². The van der Waals surface area contributed by atoms with Crippen LogP contribution in [0.15, 0.2) is 37.2 Å². The third-order valence-corrected chi connectivity index (χ3v) is 2.06. The molecule has 2 heterocycles. The van der Waals surface area contributed by atoms with E-state index in [1.54, 1.807) is 24.5 Å². The van der Waals surface area contributed by atoms with Crippen LogP contribution in [0.5, 0.6) is 0 Å². The van der Waals surface area contributed by atoms with Crippen LogP contribution in [0, 0.1) is 0 Å². The average molecular weight is 246 g/mol. The van der Waals surface area contributed by atoms with E-state index < -0.39 is 11.8 Å². The Bertz CT molecular complexity index is 525. The van der Waals surface area contributed by atoms with Gasteiger partial charge in [-0.3, -0.25) is 20.0 Å². The molecule has 0 bridgehead atoms. The third kappa shape index (κ3) is 3.11. The zero-order chi connectivity index (χ0) is 12.8. The largest absolute Gasteiger partial charge is 0.344 e. The van der Waals surface area contributed by atoms with Gasteiger partial charge in [0.25, 0.3) is 0 Å². The van der Waals surface area contributed by atoms with Gasteiger partial charge in [-0.2, -0.15) is 0 Å². The van der Waals surface area contributed by atoms with Crippen LogP contribution in [0.2, 0.25) is 0 Å². The fourth-order valence-corrected chi connectivity index (χ4v) is 1.19. The molecular formula is C10H10N6O2. The summed E-state index contributed by atoms with van der Waals surface area (Å²) in [7, 11) is 0. The van der Waals surface area contributed by atoms with E-state index in [-0.39, 0.29) is 6.54 Å². The molecule has 2 aromatic heterocycles. The van der Waals surface area contributed by atoms with Crippen LogP contribution in [0.1, 0.15) is 5.56 Å². The SMILES string of the molecule is O=C(NCc1ccncc1)C(=O)Nn1cnnc1. The Balaban J connectivity index is 1.83. The number of amides is 2. The average Bonchev–Trinajstić information content (AvgIpc) is 2.90. The van der Waals surface area contributed by atoms with Gasteiger partial charge in [0.1, 0.15) is 12.7 Å². The predicted molar refractivity (Wildman–Crippen MR) is 60.5 cm³/mol. The van der Waals surface area contributed by atoms with Crippen LogP contribution in [-0.2, 0) is 16.1 Å². The van der Waals surface area contributed by atoms with Crippen LogP contribution < -0.4 is 10.7 Å². The molecule has 18 heavy (non-hydrogen) atoms. The van der Waals surface area contributed by atoms with E-state index in [0.29, 0.717) is 0 Å². The zero-order valence-corrected chi connectivity index (χ0v) is 9.28. The van der Waals surface area contributed by atoms with Gasteiger partial charge in [-0.15, -0.1) is 10.2 Å². The topological polar surface area (TPSA) is 102 Å². The summed E-state index contributed by atoms with van der Waals surface area (Å²) in [4.78, 5) is 26.7. The van der Waals surface area contributed by atoms with Crippen LogP contribution >= 0.6 is 0 Å². The van der Waals surface area contributed by atoms with Gasteiger partial charge in [0, 0.05) is 18.9 Å². The van der Waals surface area contributed by atoms with Gasteiger partial charge in [-0.1, -0.05) is 0 Å². The van der Waals surface area contributed by atoms with Gasteiger partial charge in [0.05, 0.1) is 0 Å². The molecule has 0 fully saturated rings. The first-order chi connectivity index (χ1) is 8.75. The molecule has 2 aromatic rings.